The molecule has 2 aromatic rings. The first-order valence-corrected chi connectivity index (χ1v) is 11.5. The van der Waals surface area contributed by atoms with Crippen molar-refractivity contribution in [3.63, 3.8) is 0 Å². The molecule has 0 bridgehead atoms. The third kappa shape index (κ3) is 3.60. The molecule has 0 amide bonds. The molecule has 0 radical (unpaired) electrons. The molecular weight excluding hydrogens is 429 g/mol. The van der Waals surface area contributed by atoms with Gasteiger partial charge in [-0.2, -0.15) is 13.2 Å². The first-order valence-electron chi connectivity index (χ1n) is 11.5. The zero-order chi connectivity index (χ0) is 23.8. The van der Waals surface area contributed by atoms with Gasteiger partial charge >= 0.3 is 6.18 Å². The largest absolute Gasteiger partial charge is 0.433 e. The predicted octanol–water partition coefficient (Wildman–Crippen LogP) is 6.42. The van der Waals surface area contributed by atoms with Crippen LogP contribution in [0.5, 0.6) is 0 Å². The van der Waals surface area contributed by atoms with Crippen LogP contribution in [0.15, 0.2) is 24.9 Å². The lowest BCUT2D eigenvalue weighted by Gasteiger charge is -2.37. The van der Waals surface area contributed by atoms with Crippen molar-refractivity contribution in [2.24, 2.45) is 5.41 Å². The molecule has 1 fully saturated rings. The van der Waals surface area contributed by atoms with Gasteiger partial charge in [0.2, 0.25) is 0 Å². The maximum Gasteiger partial charge on any atom is 0.433 e. The van der Waals surface area contributed by atoms with E-state index in [4.69, 9.17) is 9.72 Å². The Morgan fingerprint density at radius 1 is 1.18 bits per heavy atom. The normalized spacial score (nSPS) is 25.2. The van der Waals surface area contributed by atoms with Gasteiger partial charge in [0.25, 0.3) is 0 Å². The second-order valence-electron chi connectivity index (χ2n) is 10.6. The highest BCUT2D eigenvalue weighted by molar-refractivity contribution is 5.68. The summed E-state index contributed by atoms with van der Waals surface area (Å²) >= 11 is 0. The molecule has 2 unspecified atom stereocenters. The van der Waals surface area contributed by atoms with Crippen LogP contribution in [-0.4, -0.2) is 15.1 Å². The number of fused-ring (bicyclic) bond motifs is 4. The Hall–Kier alpha value is -2.25. The van der Waals surface area contributed by atoms with E-state index in [9.17, 15) is 18.3 Å². The van der Waals surface area contributed by atoms with E-state index in [-0.39, 0.29) is 5.41 Å². The van der Waals surface area contributed by atoms with Gasteiger partial charge in [0.05, 0.1) is 17.4 Å². The second kappa shape index (κ2) is 7.37. The molecule has 5 rings (SSSR count). The molecule has 1 aliphatic heterocycles. The first-order chi connectivity index (χ1) is 15.4. The Morgan fingerprint density at radius 3 is 2.45 bits per heavy atom. The Labute approximate surface area is 191 Å². The van der Waals surface area contributed by atoms with Crippen molar-refractivity contribution in [3.8, 4) is 0 Å². The average molecular weight is 459 g/mol. The SMILES string of the molecule is C=C(C)c1nc2c(c3c1C(c1ccc(C(F)(F)F)nc1)OC31CCCC1)C(O)CC(C)(C)C2. The number of aromatic nitrogens is 2. The van der Waals surface area contributed by atoms with E-state index < -0.39 is 29.7 Å². The summed E-state index contributed by atoms with van der Waals surface area (Å²) < 4.78 is 46.0. The molecule has 2 atom stereocenters. The van der Waals surface area contributed by atoms with Crippen LogP contribution in [0.1, 0.15) is 104 Å². The second-order valence-corrected chi connectivity index (χ2v) is 10.6. The van der Waals surface area contributed by atoms with Gasteiger partial charge in [0.15, 0.2) is 0 Å². The molecule has 176 valence electrons. The van der Waals surface area contributed by atoms with Crippen LogP contribution in [-0.2, 0) is 22.9 Å². The smallest absolute Gasteiger partial charge is 0.388 e. The quantitative estimate of drug-likeness (QED) is 0.564. The van der Waals surface area contributed by atoms with E-state index in [1.54, 1.807) is 0 Å². The summed E-state index contributed by atoms with van der Waals surface area (Å²) in [5.41, 5.74) is 4.05. The zero-order valence-corrected chi connectivity index (χ0v) is 19.2. The monoisotopic (exact) mass is 458 g/mol. The molecular formula is C26H29F3N2O2. The Kier molecular flexibility index (Phi) is 5.04. The van der Waals surface area contributed by atoms with Gasteiger partial charge in [0, 0.05) is 28.6 Å². The van der Waals surface area contributed by atoms with Crippen molar-refractivity contribution in [2.75, 3.05) is 0 Å². The molecule has 1 N–H and O–H groups in total. The van der Waals surface area contributed by atoms with E-state index in [1.807, 2.05) is 6.92 Å². The van der Waals surface area contributed by atoms with Crippen LogP contribution < -0.4 is 0 Å². The van der Waals surface area contributed by atoms with Gasteiger partial charge in [-0.1, -0.05) is 39.3 Å². The van der Waals surface area contributed by atoms with Gasteiger partial charge in [0.1, 0.15) is 11.8 Å². The minimum Gasteiger partial charge on any atom is -0.388 e. The molecule has 0 aromatic carbocycles. The summed E-state index contributed by atoms with van der Waals surface area (Å²) in [5, 5.41) is 11.3. The van der Waals surface area contributed by atoms with Crippen LogP contribution >= 0.6 is 0 Å². The van der Waals surface area contributed by atoms with Crippen LogP contribution in [0.25, 0.3) is 5.57 Å². The van der Waals surface area contributed by atoms with Crippen molar-refractivity contribution in [1.82, 2.24) is 9.97 Å². The van der Waals surface area contributed by atoms with E-state index in [0.29, 0.717) is 12.0 Å². The summed E-state index contributed by atoms with van der Waals surface area (Å²) in [6, 6.07) is 2.45. The number of rotatable bonds is 2. The number of alkyl halides is 3. The maximum atomic E-state index is 13.1. The third-order valence-corrected chi connectivity index (χ3v) is 7.33. The fraction of sp³-hybridized carbons (Fsp3) is 0.538. The lowest BCUT2D eigenvalue weighted by atomic mass is 9.70. The molecule has 33 heavy (non-hydrogen) atoms. The van der Waals surface area contributed by atoms with E-state index in [2.05, 4.69) is 25.4 Å². The van der Waals surface area contributed by atoms with Crippen LogP contribution in [0, 0.1) is 5.41 Å². The number of aliphatic hydroxyl groups is 1. The third-order valence-electron chi connectivity index (χ3n) is 7.33. The topological polar surface area (TPSA) is 55.2 Å². The molecule has 4 nitrogen and oxygen atoms in total. The lowest BCUT2D eigenvalue weighted by Crippen LogP contribution is -2.31. The van der Waals surface area contributed by atoms with Gasteiger partial charge in [-0.3, -0.25) is 9.97 Å². The summed E-state index contributed by atoms with van der Waals surface area (Å²) in [6.45, 7) is 10.3. The average Bonchev–Trinajstić information content (AvgIpc) is 3.31. The van der Waals surface area contributed by atoms with Crippen molar-refractivity contribution >= 4 is 5.57 Å². The summed E-state index contributed by atoms with van der Waals surface area (Å²) in [7, 11) is 0. The molecule has 3 aliphatic rings. The zero-order valence-electron chi connectivity index (χ0n) is 19.2. The highest BCUT2D eigenvalue weighted by Crippen LogP contribution is 2.59. The first kappa shape index (κ1) is 22.5. The number of hydrogen-bond acceptors (Lipinski definition) is 4. The molecule has 2 aliphatic carbocycles. The van der Waals surface area contributed by atoms with Crippen molar-refractivity contribution in [3.05, 3.63) is 64.2 Å². The van der Waals surface area contributed by atoms with Crippen molar-refractivity contribution < 1.29 is 23.0 Å². The fourth-order valence-electron chi connectivity index (χ4n) is 6.00. The molecule has 1 saturated carbocycles. The number of pyridine rings is 2. The highest BCUT2D eigenvalue weighted by Gasteiger charge is 2.52. The van der Waals surface area contributed by atoms with Crippen LogP contribution in [0.2, 0.25) is 0 Å². The van der Waals surface area contributed by atoms with Gasteiger partial charge in [-0.05, 0) is 55.2 Å². The predicted molar refractivity (Wildman–Crippen MR) is 118 cm³/mol. The molecule has 1 spiro atoms. The van der Waals surface area contributed by atoms with Crippen molar-refractivity contribution in [1.29, 1.82) is 0 Å². The number of hydrogen-bond donors (Lipinski definition) is 1. The minimum atomic E-state index is -4.50. The van der Waals surface area contributed by atoms with Gasteiger partial charge in [-0.25, -0.2) is 0 Å². The standard InChI is InChI=1S/C26H29F3N2O2/c1-14(2)22-20-21(19-16(31-22)11-24(3,4)12-17(19)32)25(9-5-6-10-25)33-23(20)15-7-8-18(30-13-15)26(27,28)29/h7-8,13,17,23,32H,1,5-6,9-12H2,2-4H3. The van der Waals surface area contributed by atoms with Gasteiger partial charge in [-0.15, -0.1) is 0 Å². The highest BCUT2D eigenvalue weighted by atomic mass is 19.4. The summed E-state index contributed by atoms with van der Waals surface area (Å²) in [4.78, 5) is 8.66. The number of halogens is 3. The number of nitrogens with zero attached hydrogens (tertiary/aromatic N) is 2. The molecule has 2 aromatic heterocycles. The Morgan fingerprint density at radius 2 is 1.88 bits per heavy atom. The van der Waals surface area contributed by atoms with Crippen LogP contribution in [0.4, 0.5) is 13.2 Å². The molecule has 7 heteroatoms. The fourth-order valence-corrected chi connectivity index (χ4v) is 6.00. The van der Waals surface area contributed by atoms with E-state index in [1.165, 1.54) is 12.3 Å². The lowest BCUT2D eigenvalue weighted by molar-refractivity contribution is -0.141. The minimum absolute atomic E-state index is 0.0843. The molecule has 0 saturated heterocycles. The summed E-state index contributed by atoms with van der Waals surface area (Å²) in [5.74, 6) is 0. The van der Waals surface area contributed by atoms with E-state index >= 15 is 0 Å². The Balaban J connectivity index is 1.74. The molecule has 3 heterocycles. The number of allylic oxidation sites excluding steroid dienone is 1. The number of aliphatic hydroxyl groups excluding tert-OH is 1. The van der Waals surface area contributed by atoms with E-state index in [0.717, 1.165) is 71.8 Å². The Bertz CT molecular complexity index is 1120. The number of ether oxygens (including phenoxy) is 1. The van der Waals surface area contributed by atoms with Crippen LogP contribution in [0.3, 0.4) is 0 Å². The van der Waals surface area contributed by atoms with Crippen molar-refractivity contribution in [2.45, 2.75) is 83.3 Å². The maximum absolute atomic E-state index is 13.1. The summed E-state index contributed by atoms with van der Waals surface area (Å²) in [6.07, 6.45) is 0.496. The van der Waals surface area contributed by atoms with Gasteiger partial charge < -0.3 is 9.84 Å².